The maximum absolute atomic E-state index is 12.2. The summed E-state index contributed by atoms with van der Waals surface area (Å²) in [6, 6.07) is 15.7. The van der Waals surface area contributed by atoms with E-state index in [4.69, 9.17) is 10.5 Å². The van der Waals surface area contributed by atoms with Gasteiger partial charge < -0.3 is 26.2 Å². The first-order valence-corrected chi connectivity index (χ1v) is 9.61. The van der Waals surface area contributed by atoms with Crippen molar-refractivity contribution in [2.45, 2.75) is 38.5 Å². The van der Waals surface area contributed by atoms with Crippen molar-refractivity contribution in [3.8, 4) is 0 Å². The summed E-state index contributed by atoms with van der Waals surface area (Å²) in [7, 11) is 0. The van der Waals surface area contributed by atoms with Gasteiger partial charge in [0.05, 0.1) is 12.5 Å². The molecule has 0 aliphatic rings. The molecule has 0 aromatic heterocycles. The fraction of sp³-hybridized carbons (Fsp3) is 0.318. The van der Waals surface area contributed by atoms with Crippen LogP contribution in [0.1, 0.15) is 23.1 Å². The smallest absolute Gasteiger partial charge is 0.407 e. The van der Waals surface area contributed by atoms with Crippen molar-refractivity contribution >= 4 is 17.9 Å². The van der Waals surface area contributed by atoms with E-state index in [0.717, 1.165) is 16.7 Å². The zero-order chi connectivity index (χ0) is 21.9. The Kier molecular flexibility index (Phi) is 8.83. The second kappa shape index (κ2) is 11.6. The molecule has 2 rings (SSSR count). The molecule has 2 aromatic carbocycles. The summed E-state index contributed by atoms with van der Waals surface area (Å²) in [6.07, 6.45) is -1.88. The molecule has 160 valence electrons. The zero-order valence-corrected chi connectivity index (χ0v) is 16.8. The van der Waals surface area contributed by atoms with Crippen LogP contribution in [0.3, 0.4) is 0 Å². The number of rotatable bonds is 10. The molecular weight excluding hydrogens is 386 g/mol. The van der Waals surface area contributed by atoms with Gasteiger partial charge in [0.1, 0.15) is 12.6 Å². The molecule has 30 heavy (non-hydrogen) atoms. The van der Waals surface area contributed by atoms with Gasteiger partial charge in [-0.05, 0) is 23.6 Å². The van der Waals surface area contributed by atoms with Crippen molar-refractivity contribution in [2.75, 3.05) is 6.54 Å². The molecule has 0 heterocycles. The molecule has 0 bridgehead atoms. The highest BCUT2D eigenvalue weighted by molar-refractivity contribution is 5.87. The molecule has 0 aliphatic carbocycles. The van der Waals surface area contributed by atoms with E-state index in [-0.39, 0.29) is 26.0 Å². The van der Waals surface area contributed by atoms with Crippen LogP contribution in [0.15, 0.2) is 54.6 Å². The van der Waals surface area contributed by atoms with Crippen molar-refractivity contribution < 1.29 is 24.2 Å². The molecule has 0 saturated carbocycles. The van der Waals surface area contributed by atoms with Gasteiger partial charge >= 0.3 is 6.09 Å². The maximum Gasteiger partial charge on any atom is 0.407 e. The van der Waals surface area contributed by atoms with E-state index in [1.54, 1.807) is 0 Å². The van der Waals surface area contributed by atoms with Crippen molar-refractivity contribution in [1.82, 2.24) is 10.6 Å². The van der Waals surface area contributed by atoms with Crippen molar-refractivity contribution in [1.29, 1.82) is 0 Å². The lowest BCUT2D eigenvalue weighted by atomic mass is 10.0. The van der Waals surface area contributed by atoms with Gasteiger partial charge in [0.2, 0.25) is 11.8 Å². The van der Waals surface area contributed by atoms with E-state index >= 15 is 0 Å². The Morgan fingerprint density at radius 2 is 1.73 bits per heavy atom. The highest BCUT2D eigenvalue weighted by Gasteiger charge is 2.21. The summed E-state index contributed by atoms with van der Waals surface area (Å²) in [5, 5.41) is 14.9. The third-order valence-electron chi connectivity index (χ3n) is 4.48. The molecule has 0 aliphatic heterocycles. The highest BCUT2D eigenvalue weighted by Crippen LogP contribution is 2.10. The lowest BCUT2D eigenvalue weighted by Crippen LogP contribution is -2.47. The number of primary amides is 1. The van der Waals surface area contributed by atoms with Gasteiger partial charge in [0.25, 0.3) is 0 Å². The van der Waals surface area contributed by atoms with Gasteiger partial charge in [0.15, 0.2) is 0 Å². The predicted molar refractivity (Wildman–Crippen MR) is 111 cm³/mol. The number of carbonyl (C=O) groups excluding carboxylic acids is 3. The molecule has 0 fully saturated rings. The molecule has 0 radical (unpaired) electrons. The van der Waals surface area contributed by atoms with Crippen LogP contribution in [0.25, 0.3) is 0 Å². The first-order valence-electron chi connectivity index (χ1n) is 9.61. The Bertz CT molecular complexity index is 857. The third kappa shape index (κ3) is 7.92. The number of aliphatic hydroxyl groups is 1. The summed E-state index contributed by atoms with van der Waals surface area (Å²) in [6.45, 7) is 1.84. The van der Waals surface area contributed by atoms with Crippen LogP contribution < -0.4 is 16.4 Å². The number of nitrogens with one attached hydrogen (secondary N) is 2. The van der Waals surface area contributed by atoms with E-state index in [9.17, 15) is 19.5 Å². The second-order valence-electron chi connectivity index (χ2n) is 6.95. The van der Waals surface area contributed by atoms with Crippen molar-refractivity contribution in [2.24, 2.45) is 5.73 Å². The number of benzene rings is 2. The fourth-order valence-electron chi connectivity index (χ4n) is 2.80. The zero-order valence-electron chi connectivity index (χ0n) is 16.8. The standard InChI is InChI=1S/C22H27N3O5/c1-15-7-5-6-10-17(15)11-19(21(23)28)25-20(27)12-18(26)13-24-22(29)30-14-16-8-3-2-4-9-16/h2-10,18-19,26H,11-14H2,1H3,(H2,23,28)(H,24,29)(H,25,27)/t18-,19+/m0/s1. The van der Waals surface area contributed by atoms with Crippen LogP contribution in [0.4, 0.5) is 4.79 Å². The topological polar surface area (TPSA) is 131 Å². The van der Waals surface area contributed by atoms with E-state index < -0.39 is 30.1 Å². The molecule has 0 spiro atoms. The SMILES string of the molecule is Cc1ccccc1C[C@@H](NC(=O)C[C@H](O)CNC(=O)OCc1ccccc1)C(N)=O. The van der Waals surface area contributed by atoms with Gasteiger partial charge in [0, 0.05) is 13.0 Å². The summed E-state index contributed by atoms with van der Waals surface area (Å²) >= 11 is 0. The maximum atomic E-state index is 12.2. The molecule has 5 N–H and O–H groups in total. The Hall–Kier alpha value is -3.39. The minimum Gasteiger partial charge on any atom is -0.445 e. The molecule has 2 atom stereocenters. The lowest BCUT2D eigenvalue weighted by molar-refractivity contribution is -0.128. The second-order valence-corrected chi connectivity index (χ2v) is 6.95. The number of aryl methyl sites for hydroxylation is 1. The lowest BCUT2D eigenvalue weighted by Gasteiger charge is -2.18. The number of hydrogen-bond acceptors (Lipinski definition) is 5. The van der Waals surface area contributed by atoms with Crippen LogP contribution in [0.2, 0.25) is 0 Å². The van der Waals surface area contributed by atoms with Gasteiger partial charge in [-0.15, -0.1) is 0 Å². The quantitative estimate of drug-likeness (QED) is 0.465. The summed E-state index contributed by atoms with van der Waals surface area (Å²) in [5.74, 6) is -1.21. The number of amides is 3. The Balaban J connectivity index is 1.74. The number of hydrogen-bond donors (Lipinski definition) is 4. The summed E-state index contributed by atoms with van der Waals surface area (Å²) in [5.41, 5.74) is 8.11. The van der Waals surface area contributed by atoms with Crippen LogP contribution >= 0.6 is 0 Å². The Labute approximate surface area is 175 Å². The van der Waals surface area contributed by atoms with Crippen molar-refractivity contribution in [3.05, 3.63) is 71.3 Å². The molecular formula is C22H27N3O5. The number of nitrogens with two attached hydrogens (primary N) is 1. The molecule has 2 aromatic rings. The Morgan fingerprint density at radius 3 is 2.40 bits per heavy atom. The van der Waals surface area contributed by atoms with Crippen LogP contribution in [-0.2, 0) is 27.4 Å². The molecule has 0 unspecified atom stereocenters. The van der Waals surface area contributed by atoms with E-state index in [0.29, 0.717) is 0 Å². The van der Waals surface area contributed by atoms with Crippen LogP contribution in [0.5, 0.6) is 0 Å². The number of ether oxygens (including phenoxy) is 1. The molecule has 0 saturated heterocycles. The van der Waals surface area contributed by atoms with Gasteiger partial charge in [-0.25, -0.2) is 4.79 Å². The van der Waals surface area contributed by atoms with E-state index in [1.807, 2.05) is 61.5 Å². The average Bonchev–Trinajstić information content (AvgIpc) is 2.72. The normalized spacial score (nSPS) is 12.5. The van der Waals surface area contributed by atoms with Crippen LogP contribution in [-0.4, -0.2) is 41.7 Å². The Morgan fingerprint density at radius 1 is 1.07 bits per heavy atom. The minimum absolute atomic E-state index is 0.0997. The number of carbonyl (C=O) groups is 3. The predicted octanol–water partition coefficient (Wildman–Crippen LogP) is 1.19. The van der Waals surface area contributed by atoms with Crippen molar-refractivity contribution in [3.63, 3.8) is 0 Å². The van der Waals surface area contributed by atoms with Gasteiger partial charge in [-0.1, -0.05) is 54.6 Å². The summed E-state index contributed by atoms with van der Waals surface area (Å²) < 4.78 is 5.03. The minimum atomic E-state index is -1.14. The monoisotopic (exact) mass is 413 g/mol. The number of alkyl carbamates (subject to hydrolysis) is 1. The molecule has 3 amide bonds. The largest absolute Gasteiger partial charge is 0.445 e. The fourth-order valence-corrected chi connectivity index (χ4v) is 2.80. The highest BCUT2D eigenvalue weighted by atomic mass is 16.5. The third-order valence-corrected chi connectivity index (χ3v) is 4.48. The summed E-state index contributed by atoms with van der Waals surface area (Å²) in [4.78, 5) is 35.6. The van der Waals surface area contributed by atoms with Gasteiger partial charge in [-0.3, -0.25) is 9.59 Å². The average molecular weight is 413 g/mol. The number of aliphatic hydroxyl groups excluding tert-OH is 1. The first kappa shape index (κ1) is 22.9. The molecule has 8 nitrogen and oxygen atoms in total. The van der Waals surface area contributed by atoms with E-state index in [2.05, 4.69) is 10.6 Å². The first-order chi connectivity index (χ1) is 14.3. The molecule has 8 heteroatoms. The van der Waals surface area contributed by atoms with Gasteiger partial charge in [-0.2, -0.15) is 0 Å². The van der Waals surface area contributed by atoms with Crippen LogP contribution in [0, 0.1) is 6.92 Å². The van der Waals surface area contributed by atoms with E-state index in [1.165, 1.54) is 0 Å².